The molecule has 0 aliphatic heterocycles. The Kier molecular flexibility index (Phi) is 5.08. The maximum atomic E-state index is 12.2. The minimum absolute atomic E-state index is 0.368. The number of aliphatic carboxylic acids is 1. The van der Waals surface area contributed by atoms with Crippen molar-refractivity contribution >= 4 is 34.6 Å². The summed E-state index contributed by atoms with van der Waals surface area (Å²) >= 11 is 2.86. The Morgan fingerprint density at radius 1 is 1.48 bits per heavy atom. The first-order valence-electron chi connectivity index (χ1n) is 6.56. The van der Waals surface area contributed by atoms with Crippen LogP contribution in [0.4, 0.5) is 0 Å². The van der Waals surface area contributed by atoms with Gasteiger partial charge in [-0.25, -0.2) is 9.78 Å². The van der Waals surface area contributed by atoms with Crippen LogP contribution in [0.2, 0.25) is 0 Å². The fourth-order valence-electron chi connectivity index (χ4n) is 1.89. The van der Waals surface area contributed by atoms with Crippen molar-refractivity contribution in [3.05, 3.63) is 27.4 Å². The number of thiophene rings is 1. The third-order valence-electron chi connectivity index (χ3n) is 2.95. The number of hydrogen-bond donors (Lipinski definition) is 2. The Bertz CT molecular complexity index is 635. The largest absolute Gasteiger partial charge is 0.480 e. The van der Waals surface area contributed by atoms with Gasteiger partial charge in [0.1, 0.15) is 15.9 Å². The van der Waals surface area contributed by atoms with E-state index in [0.717, 1.165) is 10.6 Å². The molecule has 2 N–H and O–H groups in total. The zero-order valence-corrected chi connectivity index (χ0v) is 13.4. The van der Waals surface area contributed by atoms with Crippen molar-refractivity contribution in [2.24, 2.45) is 0 Å². The molecule has 0 aliphatic rings. The van der Waals surface area contributed by atoms with E-state index in [4.69, 9.17) is 5.11 Å². The number of amides is 1. The molecule has 2 heterocycles. The van der Waals surface area contributed by atoms with Gasteiger partial charge in [0, 0.05) is 10.9 Å². The third-order valence-corrected chi connectivity index (χ3v) is 4.84. The average molecular weight is 324 g/mol. The van der Waals surface area contributed by atoms with Gasteiger partial charge >= 0.3 is 5.97 Å². The topological polar surface area (TPSA) is 79.3 Å². The molecule has 7 heteroatoms. The van der Waals surface area contributed by atoms with Crippen LogP contribution in [0.1, 0.15) is 35.1 Å². The third kappa shape index (κ3) is 3.68. The molecule has 0 aliphatic carbocycles. The Morgan fingerprint density at radius 3 is 2.81 bits per heavy atom. The molecule has 0 spiro atoms. The van der Waals surface area contributed by atoms with Gasteiger partial charge in [-0.05, 0) is 24.8 Å². The van der Waals surface area contributed by atoms with E-state index in [-0.39, 0.29) is 5.91 Å². The van der Waals surface area contributed by atoms with Gasteiger partial charge in [0.25, 0.3) is 5.91 Å². The highest BCUT2D eigenvalue weighted by Gasteiger charge is 2.23. The van der Waals surface area contributed by atoms with Gasteiger partial charge in [-0.15, -0.1) is 11.3 Å². The number of carbonyl (C=O) groups is 2. The number of rotatable bonds is 6. The monoisotopic (exact) mass is 324 g/mol. The number of hydrogen-bond acceptors (Lipinski definition) is 5. The minimum atomic E-state index is -1.01. The second-order valence-corrected chi connectivity index (χ2v) is 6.38. The molecule has 2 rings (SSSR count). The molecule has 1 unspecified atom stereocenters. The normalized spacial score (nSPS) is 12.1. The van der Waals surface area contributed by atoms with Crippen LogP contribution >= 0.6 is 22.7 Å². The summed E-state index contributed by atoms with van der Waals surface area (Å²) in [6.07, 6.45) is 1.11. The first-order chi connectivity index (χ1) is 10.0. The van der Waals surface area contributed by atoms with Crippen LogP contribution in [-0.2, 0) is 4.79 Å². The second-order valence-electron chi connectivity index (χ2n) is 4.60. The van der Waals surface area contributed by atoms with E-state index in [1.165, 1.54) is 11.3 Å². The van der Waals surface area contributed by atoms with Crippen molar-refractivity contribution < 1.29 is 14.7 Å². The molecule has 21 heavy (non-hydrogen) atoms. The van der Waals surface area contributed by atoms with Gasteiger partial charge in [0.05, 0.1) is 5.69 Å². The van der Waals surface area contributed by atoms with Gasteiger partial charge in [0.15, 0.2) is 0 Å². The molecule has 112 valence electrons. The number of nitrogens with zero attached hydrogens (tertiary/aromatic N) is 1. The number of nitrogens with one attached hydrogen (secondary N) is 1. The summed E-state index contributed by atoms with van der Waals surface area (Å²) in [5, 5.41) is 16.4. The van der Waals surface area contributed by atoms with Crippen molar-refractivity contribution in [3.63, 3.8) is 0 Å². The standard InChI is InChI=1S/C14H16N2O3S2/c1-3-4-10(14(18)19)16-12(17)11-8(2)15-13(21-11)9-5-6-20-7-9/h5-7,10H,3-4H2,1-2H3,(H,16,17)(H,18,19). The fourth-order valence-corrected chi connectivity index (χ4v) is 3.57. The number of aryl methyl sites for hydroxylation is 1. The van der Waals surface area contributed by atoms with Crippen molar-refractivity contribution in [1.29, 1.82) is 0 Å². The predicted octanol–water partition coefficient (Wildman–Crippen LogP) is 3.16. The molecule has 5 nitrogen and oxygen atoms in total. The van der Waals surface area contributed by atoms with E-state index >= 15 is 0 Å². The molecule has 0 bridgehead atoms. The maximum absolute atomic E-state index is 12.2. The first kappa shape index (κ1) is 15.7. The van der Waals surface area contributed by atoms with Crippen LogP contribution in [0.25, 0.3) is 10.6 Å². The number of carboxylic acids is 1. The summed E-state index contributed by atoms with van der Waals surface area (Å²) < 4.78 is 0. The van der Waals surface area contributed by atoms with Crippen LogP contribution in [0, 0.1) is 6.92 Å². The molecular formula is C14H16N2O3S2. The van der Waals surface area contributed by atoms with Gasteiger partial charge < -0.3 is 10.4 Å². The highest BCUT2D eigenvalue weighted by atomic mass is 32.1. The Balaban J connectivity index is 2.18. The Morgan fingerprint density at radius 2 is 2.24 bits per heavy atom. The SMILES string of the molecule is CCCC(NC(=O)c1sc(-c2ccsc2)nc1C)C(=O)O. The summed E-state index contributed by atoms with van der Waals surface area (Å²) in [6.45, 7) is 3.64. The molecule has 0 fully saturated rings. The molecule has 1 amide bonds. The zero-order valence-electron chi connectivity index (χ0n) is 11.8. The lowest BCUT2D eigenvalue weighted by Gasteiger charge is -2.12. The highest BCUT2D eigenvalue weighted by Crippen LogP contribution is 2.29. The molecule has 1 atom stereocenters. The van der Waals surface area contributed by atoms with Crippen molar-refractivity contribution in [2.45, 2.75) is 32.7 Å². The minimum Gasteiger partial charge on any atom is -0.480 e. The molecule has 0 saturated heterocycles. The van der Waals surface area contributed by atoms with E-state index < -0.39 is 12.0 Å². The maximum Gasteiger partial charge on any atom is 0.326 e. The number of carbonyl (C=O) groups excluding carboxylic acids is 1. The quantitative estimate of drug-likeness (QED) is 0.855. The summed E-state index contributed by atoms with van der Waals surface area (Å²) in [4.78, 5) is 28.2. The van der Waals surface area contributed by atoms with Gasteiger partial charge in [-0.2, -0.15) is 11.3 Å². The lowest BCUT2D eigenvalue weighted by Crippen LogP contribution is -2.40. The van der Waals surface area contributed by atoms with E-state index in [9.17, 15) is 9.59 Å². The molecule has 2 aromatic heterocycles. The number of aromatic nitrogens is 1. The smallest absolute Gasteiger partial charge is 0.326 e. The van der Waals surface area contributed by atoms with Gasteiger partial charge in [-0.3, -0.25) is 4.79 Å². The van der Waals surface area contributed by atoms with Crippen LogP contribution < -0.4 is 5.32 Å². The van der Waals surface area contributed by atoms with Gasteiger partial charge in [0.2, 0.25) is 0 Å². The molecule has 0 radical (unpaired) electrons. The lowest BCUT2D eigenvalue weighted by atomic mass is 10.1. The van der Waals surface area contributed by atoms with Crippen molar-refractivity contribution in [2.75, 3.05) is 0 Å². The van der Waals surface area contributed by atoms with Crippen LogP contribution in [0.3, 0.4) is 0 Å². The zero-order chi connectivity index (χ0) is 15.4. The Labute approximate surface area is 130 Å². The van der Waals surface area contributed by atoms with E-state index in [1.54, 1.807) is 18.3 Å². The summed E-state index contributed by atoms with van der Waals surface area (Å²) in [6, 6.07) is 1.09. The summed E-state index contributed by atoms with van der Waals surface area (Å²) in [5.41, 5.74) is 1.61. The second kappa shape index (κ2) is 6.82. The number of thiazole rings is 1. The van der Waals surface area contributed by atoms with Crippen molar-refractivity contribution in [1.82, 2.24) is 10.3 Å². The predicted molar refractivity (Wildman–Crippen MR) is 84.0 cm³/mol. The summed E-state index contributed by atoms with van der Waals surface area (Å²) in [5.74, 6) is -1.38. The van der Waals surface area contributed by atoms with Gasteiger partial charge in [-0.1, -0.05) is 13.3 Å². The van der Waals surface area contributed by atoms with Crippen LogP contribution in [0.5, 0.6) is 0 Å². The highest BCUT2D eigenvalue weighted by molar-refractivity contribution is 7.17. The Hall–Kier alpha value is -1.73. The molecular weight excluding hydrogens is 308 g/mol. The molecule has 0 aromatic carbocycles. The summed E-state index contributed by atoms with van der Waals surface area (Å²) in [7, 11) is 0. The lowest BCUT2D eigenvalue weighted by molar-refractivity contribution is -0.139. The fraction of sp³-hybridized carbons (Fsp3) is 0.357. The van der Waals surface area contributed by atoms with E-state index in [2.05, 4.69) is 10.3 Å². The van der Waals surface area contributed by atoms with E-state index in [1.807, 2.05) is 23.8 Å². The van der Waals surface area contributed by atoms with Crippen LogP contribution in [0.15, 0.2) is 16.8 Å². The molecule has 2 aromatic rings. The van der Waals surface area contributed by atoms with Crippen LogP contribution in [-0.4, -0.2) is 28.0 Å². The van der Waals surface area contributed by atoms with Crippen molar-refractivity contribution in [3.8, 4) is 10.6 Å². The number of carboxylic acid groups (broad SMARTS) is 1. The first-order valence-corrected chi connectivity index (χ1v) is 8.32. The van der Waals surface area contributed by atoms with E-state index in [0.29, 0.717) is 23.4 Å². The average Bonchev–Trinajstić information content (AvgIpc) is 3.06. The molecule has 0 saturated carbocycles.